The summed E-state index contributed by atoms with van der Waals surface area (Å²) in [5.74, 6) is -1.28. The number of hydrogen-bond acceptors (Lipinski definition) is 2. The Bertz CT molecular complexity index is 349. The van der Waals surface area contributed by atoms with Crippen LogP contribution < -0.4 is 10.6 Å². The van der Waals surface area contributed by atoms with Gasteiger partial charge in [0.05, 0.1) is 0 Å². The zero-order chi connectivity index (χ0) is 12.0. The van der Waals surface area contributed by atoms with Crippen molar-refractivity contribution < 1.29 is 13.6 Å². The molecule has 0 aliphatic carbocycles. The van der Waals surface area contributed by atoms with Gasteiger partial charge in [-0.3, -0.25) is 4.79 Å². The summed E-state index contributed by atoms with van der Waals surface area (Å²) < 4.78 is 25.6. The fourth-order valence-electron chi connectivity index (χ4n) is 1.26. The molecule has 1 aromatic rings. The SMILES string of the molecule is CNC(=O)CCCNc1cc(F)cc(F)c1. The Morgan fingerprint density at radius 2 is 1.88 bits per heavy atom. The minimum absolute atomic E-state index is 0.0489. The number of anilines is 1. The van der Waals surface area contributed by atoms with Crippen LogP contribution in [-0.4, -0.2) is 19.5 Å². The van der Waals surface area contributed by atoms with Gasteiger partial charge in [0.2, 0.25) is 5.91 Å². The highest BCUT2D eigenvalue weighted by Gasteiger charge is 2.00. The summed E-state index contributed by atoms with van der Waals surface area (Å²) in [6.07, 6.45) is 0.999. The predicted molar refractivity (Wildman–Crippen MR) is 58.1 cm³/mol. The minimum Gasteiger partial charge on any atom is -0.385 e. The van der Waals surface area contributed by atoms with Gasteiger partial charge in [-0.2, -0.15) is 0 Å². The van der Waals surface area contributed by atoms with Crippen molar-refractivity contribution in [1.82, 2.24) is 5.32 Å². The molecule has 0 aromatic heterocycles. The second-order valence-electron chi connectivity index (χ2n) is 3.36. The van der Waals surface area contributed by atoms with Crippen LogP contribution in [0.15, 0.2) is 18.2 Å². The van der Waals surface area contributed by atoms with Gasteiger partial charge in [-0.25, -0.2) is 8.78 Å². The summed E-state index contributed by atoms with van der Waals surface area (Å²) in [4.78, 5) is 10.9. The molecule has 3 nitrogen and oxygen atoms in total. The Hall–Kier alpha value is -1.65. The Morgan fingerprint density at radius 3 is 2.44 bits per heavy atom. The van der Waals surface area contributed by atoms with Gasteiger partial charge in [-0.15, -0.1) is 0 Å². The molecule has 1 aromatic carbocycles. The summed E-state index contributed by atoms with van der Waals surface area (Å²) >= 11 is 0. The van der Waals surface area contributed by atoms with Crippen molar-refractivity contribution in [2.45, 2.75) is 12.8 Å². The topological polar surface area (TPSA) is 41.1 Å². The lowest BCUT2D eigenvalue weighted by Crippen LogP contribution is -2.18. The van der Waals surface area contributed by atoms with Crippen LogP contribution in [0.3, 0.4) is 0 Å². The van der Waals surface area contributed by atoms with Crippen molar-refractivity contribution in [3.8, 4) is 0 Å². The van der Waals surface area contributed by atoms with Crippen molar-refractivity contribution in [2.75, 3.05) is 18.9 Å². The van der Waals surface area contributed by atoms with E-state index in [1.54, 1.807) is 7.05 Å². The van der Waals surface area contributed by atoms with E-state index in [1.807, 2.05) is 0 Å². The van der Waals surface area contributed by atoms with E-state index in [-0.39, 0.29) is 5.91 Å². The summed E-state index contributed by atoms with van der Waals surface area (Å²) in [7, 11) is 1.57. The molecular weight excluding hydrogens is 214 g/mol. The first-order chi connectivity index (χ1) is 7.61. The molecule has 0 unspecified atom stereocenters. The van der Waals surface area contributed by atoms with Crippen LogP contribution in [-0.2, 0) is 4.79 Å². The van der Waals surface area contributed by atoms with Crippen LogP contribution in [0, 0.1) is 11.6 Å². The lowest BCUT2D eigenvalue weighted by atomic mass is 10.2. The average molecular weight is 228 g/mol. The number of carbonyl (C=O) groups is 1. The number of nitrogens with one attached hydrogen (secondary N) is 2. The van der Waals surface area contributed by atoms with Gasteiger partial charge >= 0.3 is 0 Å². The van der Waals surface area contributed by atoms with E-state index in [2.05, 4.69) is 10.6 Å². The third-order valence-electron chi connectivity index (χ3n) is 2.05. The number of hydrogen-bond donors (Lipinski definition) is 2. The molecule has 0 fully saturated rings. The number of amides is 1. The van der Waals surface area contributed by atoms with Gasteiger partial charge in [0, 0.05) is 31.8 Å². The molecule has 5 heteroatoms. The fraction of sp³-hybridized carbons (Fsp3) is 0.364. The van der Waals surface area contributed by atoms with E-state index in [1.165, 1.54) is 12.1 Å². The maximum atomic E-state index is 12.8. The van der Waals surface area contributed by atoms with Crippen LogP contribution in [0.2, 0.25) is 0 Å². The monoisotopic (exact) mass is 228 g/mol. The van der Waals surface area contributed by atoms with E-state index in [0.717, 1.165) is 6.07 Å². The van der Waals surface area contributed by atoms with E-state index in [0.29, 0.717) is 25.1 Å². The smallest absolute Gasteiger partial charge is 0.219 e. The van der Waals surface area contributed by atoms with E-state index < -0.39 is 11.6 Å². The van der Waals surface area contributed by atoms with E-state index >= 15 is 0 Å². The Balaban J connectivity index is 2.34. The summed E-state index contributed by atoms with van der Waals surface area (Å²) in [6, 6.07) is 3.24. The molecule has 0 aliphatic heterocycles. The molecule has 1 amide bonds. The highest BCUT2D eigenvalue weighted by atomic mass is 19.1. The second-order valence-corrected chi connectivity index (χ2v) is 3.36. The van der Waals surface area contributed by atoms with Gasteiger partial charge in [0.1, 0.15) is 11.6 Å². The summed E-state index contributed by atoms with van der Waals surface area (Å²) in [5, 5.41) is 5.34. The van der Waals surface area contributed by atoms with Crippen molar-refractivity contribution >= 4 is 11.6 Å². The van der Waals surface area contributed by atoms with Crippen LogP contribution >= 0.6 is 0 Å². The van der Waals surface area contributed by atoms with Crippen molar-refractivity contribution in [1.29, 1.82) is 0 Å². The minimum atomic E-state index is -0.617. The lowest BCUT2D eigenvalue weighted by molar-refractivity contribution is -0.120. The molecule has 0 saturated carbocycles. The van der Waals surface area contributed by atoms with E-state index in [9.17, 15) is 13.6 Å². The molecule has 0 heterocycles. The van der Waals surface area contributed by atoms with Crippen molar-refractivity contribution in [3.63, 3.8) is 0 Å². The molecule has 0 bridgehead atoms. The van der Waals surface area contributed by atoms with Crippen LogP contribution in [0.1, 0.15) is 12.8 Å². The number of benzene rings is 1. The molecule has 1 rings (SSSR count). The molecule has 0 radical (unpaired) electrons. The fourth-order valence-corrected chi connectivity index (χ4v) is 1.26. The van der Waals surface area contributed by atoms with Gasteiger partial charge in [0.15, 0.2) is 0 Å². The number of carbonyl (C=O) groups excluding carboxylic acids is 1. The zero-order valence-electron chi connectivity index (χ0n) is 9.02. The first kappa shape index (κ1) is 12.4. The third-order valence-corrected chi connectivity index (χ3v) is 2.05. The molecule has 0 saturated heterocycles. The van der Waals surface area contributed by atoms with Crippen LogP contribution in [0.4, 0.5) is 14.5 Å². The zero-order valence-corrected chi connectivity index (χ0v) is 9.02. The molecule has 2 N–H and O–H groups in total. The quantitative estimate of drug-likeness (QED) is 0.756. The molecule has 0 atom stereocenters. The Labute approximate surface area is 92.8 Å². The van der Waals surface area contributed by atoms with Crippen LogP contribution in [0.25, 0.3) is 0 Å². The largest absolute Gasteiger partial charge is 0.385 e. The van der Waals surface area contributed by atoms with Gasteiger partial charge in [-0.1, -0.05) is 0 Å². The predicted octanol–water partition coefficient (Wildman–Crippen LogP) is 1.90. The van der Waals surface area contributed by atoms with E-state index in [4.69, 9.17) is 0 Å². The standard InChI is InChI=1S/C11H14F2N2O/c1-14-11(16)3-2-4-15-10-6-8(12)5-9(13)7-10/h5-7,15H,2-4H2,1H3,(H,14,16). The second kappa shape index (κ2) is 6.05. The molecule has 88 valence electrons. The number of halogens is 2. The summed E-state index contributed by atoms with van der Waals surface area (Å²) in [5.41, 5.74) is 0.384. The van der Waals surface area contributed by atoms with Gasteiger partial charge in [-0.05, 0) is 18.6 Å². The normalized spacial score (nSPS) is 9.94. The first-order valence-corrected chi connectivity index (χ1v) is 5.02. The van der Waals surface area contributed by atoms with Gasteiger partial charge < -0.3 is 10.6 Å². The van der Waals surface area contributed by atoms with Crippen molar-refractivity contribution in [3.05, 3.63) is 29.8 Å². The summed E-state index contributed by atoms with van der Waals surface area (Å²) in [6.45, 7) is 0.496. The number of rotatable bonds is 5. The highest BCUT2D eigenvalue weighted by molar-refractivity contribution is 5.75. The van der Waals surface area contributed by atoms with Crippen molar-refractivity contribution in [2.24, 2.45) is 0 Å². The lowest BCUT2D eigenvalue weighted by Gasteiger charge is -2.06. The Kier molecular flexibility index (Phi) is 4.69. The molecule has 16 heavy (non-hydrogen) atoms. The maximum Gasteiger partial charge on any atom is 0.219 e. The van der Waals surface area contributed by atoms with Crippen LogP contribution in [0.5, 0.6) is 0 Å². The Morgan fingerprint density at radius 1 is 1.25 bits per heavy atom. The molecule has 0 aliphatic rings. The maximum absolute atomic E-state index is 12.8. The third kappa shape index (κ3) is 4.25. The molecule has 0 spiro atoms. The first-order valence-electron chi connectivity index (χ1n) is 5.02. The molecular formula is C11H14F2N2O. The van der Waals surface area contributed by atoms with Gasteiger partial charge in [0.25, 0.3) is 0 Å². The highest BCUT2D eigenvalue weighted by Crippen LogP contribution is 2.12. The average Bonchev–Trinajstić information content (AvgIpc) is 2.22.